The van der Waals surface area contributed by atoms with Crippen molar-refractivity contribution >= 4 is 17.5 Å². The number of hydrogen-bond donors (Lipinski definition) is 3. The average Bonchev–Trinajstić information content (AvgIpc) is 3.17. The maximum absolute atomic E-state index is 12.1. The van der Waals surface area contributed by atoms with Crippen LogP contribution in [0.4, 0.5) is 5.69 Å². The number of hydrogen-bond acceptors (Lipinski definition) is 5. The summed E-state index contributed by atoms with van der Waals surface area (Å²) in [5.41, 5.74) is 0.564. The van der Waals surface area contributed by atoms with Gasteiger partial charge in [0.1, 0.15) is 5.75 Å². The van der Waals surface area contributed by atoms with Crippen LogP contribution in [0.25, 0.3) is 0 Å². The van der Waals surface area contributed by atoms with E-state index < -0.39 is 0 Å². The van der Waals surface area contributed by atoms with E-state index in [-0.39, 0.29) is 36.3 Å². The highest BCUT2D eigenvalue weighted by molar-refractivity contribution is 6.02. The molecule has 0 spiro atoms. The Hall–Kier alpha value is -2.80. The summed E-state index contributed by atoms with van der Waals surface area (Å²) in [4.78, 5) is 24.1. The summed E-state index contributed by atoms with van der Waals surface area (Å²) in [6.45, 7) is 2.98. The number of carbonyl (C=O) groups is 2. The minimum atomic E-state index is -0.344. The molecule has 2 heterocycles. The van der Waals surface area contributed by atoms with Gasteiger partial charge < -0.3 is 25.1 Å². The molecule has 2 atom stereocenters. The van der Waals surface area contributed by atoms with Gasteiger partial charge in [0, 0.05) is 23.8 Å². The summed E-state index contributed by atoms with van der Waals surface area (Å²) in [6, 6.07) is 10.5. The quantitative estimate of drug-likeness (QED) is 0.737. The Bertz CT molecular complexity index is 745. The molecule has 1 saturated heterocycles. The molecule has 3 rings (SSSR count). The summed E-state index contributed by atoms with van der Waals surface area (Å²) in [5.74, 6) is 0.234. The SMILES string of the molecule is CC1NCCCC1NC(=O)COc1cccc(NC(=O)c2ccco2)c1. The highest BCUT2D eigenvalue weighted by Crippen LogP contribution is 2.18. The molecule has 1 aromatic carbocycles. The van der Waals surface area contributed by atoms with Crippen LogP contribution in [-0.2, 0) is 4.79 Å². The lowest BCUT2D eigenvalue weighted by Gasteiger charge is -2.30. The Balaban J connectivity index is 1.50. The summed E-state index contributed by atoms with van der Waals surface area (Å²) in [7, 11) is 0. The lowest BCUT2D eigenvalue weighted by atomic mass is 10.00. The van der Waals surface area contributed by atoms with Crippen molar-refractivity contribution in [1.29, 1.82) is 0 Å². The van der Waals surface area contributed by atoms with Gasteiger partial charge in [-0.2, -0.15) is 0 Å². The topological polar surface area (TPSA) is 92.6 Å². The van der Waals surface area contributed by atoms with Crippen LogP contribution in [0.15, 0.2) is 47.1 Å². The molecule has 3 N–H and O–H groups in total. The first kappa shape index (κ1) is 18.0. The number of carbonyl (C=O) groups excluding carboxylic acids is 2. The fourth-order valence-electron chi connectivity index (χ4n) is 2.90. The summed E-state index contributed by atoms with van der Waals surface area (Å²) < 4.78 is 10.6. The molecule has 2 unspecified atom stereocenters. The molecule has 2 amide bonds. The van der Waals surface area contributed by atoms with Crippen molar-refractivity contribution in [3.8, 4) is 5.75 Å². The molecular weight excluding hydrogens is 334 g/mol. The third-order valence-electron chi connectivity index (χ3n) is 4.31. The molecule has 138 valence electrons. The predicted molar refractivity (Wildman–Crippen MR) is 97.2 cm³/mol. The lowest BCUT2D eigenvalue weighted by Crippen LogP contribution is -2.52. The summed E-state index contributed by atoms with van der Waals surface area (Å²) in [5, 5.41) is 9.06. The van der Waals surface area contributed by atoms with Crippen molar-refractivity contribution in [2.45, 2.75) is 31.8 Å². The summed E-state index contributed by atoms with van der Waals surface area (Å²) in [6.07, 6.45) is 3.46. The zero-order valence-electron chi connectivity index (χ0n) is 14.7. The fraction of sp³-hybridized carbons (Fsp3) is 0.368. The van der Waals surface area contributed by atoms with Gasteiger partial charge in [-0.15, -0.1) is 0 Å². The van der Waals surface area contributed by atoms with Gasteiger partial charge in [0.25, 0.3) is 11.8 Å². The zero-order chi connectivity index (χ0) is 18.4. The number of furan rings is 1. The normalized spacial score (nSPS) is 19.6. The van der Waals surface area contributed by atoms with Crippen LogP contribution in [-0.4, -0.2) is 37.0 Å². The van der Waals surface area contributed by atoms with Crippen LogP contribution in [0.1, 0.15) is 30.3 Å². The molecule has 0 bridgehead atoms. The number of rotatable bonds is 6. The Morgan fingerprint density at radius 2 is 2.19 bits per heavy atom. The summed E-state index contributed by atoms with van der Waals surface area (Å²) >= 11 is 0. The molecule has 0 saturated carbocycles. The number of nitrogens with one attached hydrogen (secondary N) is 3. The van der Waals surface area contributed by atoms with Crippen LogP contribution in [0.2, 0.25) is 0 Å². The van der Waals surface area contributed by atoms with Crippen molar-refractivity contribution in [3.63, 3.8) is 0 Å². The molecule has 26 heavy (non-hydrogen) atoms. The van der Waals surface area contributed by atoms with E-state index in [4.69, 9.17) is 9.15 Å². The van der Waals surface area contributed by atoms with E-state index >= 15 is 0 Å². The second-order valence-corrected chi connectivity index (χ2v) is 6.31. The van der Waals surface area contributed by atoms with Gasteiger partial charge in [-0.05, 0) is 50.6 Å². The highest BCUT2D eigenvalue weighted by atomic mass is 16.5. The van der Waals surface area contributed by atoms with Gasteiger partial charge >= 0.3 is 0 Å². The molecule has 0 radical (unpaired) electrons. The molecule has 1 aromatic heterocycles. The first-order chi connectivity index (χ1) is 12.6. The third kappa shape index (κ3) is 4.86. The number of ether oxygens (including phenoxy) is 1. The molecule has 7 nitrogen and oxygen atoms in total. The Kier molecular flexibility index (Phi) is 5.91. The minimum Gasteiger partial charge on any atom is -0.484 e. The molecular formula is C19H23N3O4. The molecule has 1 fully saturated rings. The maximum atomic E-state index is 12.1. The van der Waals surface area contributed by atoms with Crippen molar-refractivity contribution in [1.82, 2.24) is 10.6 Å². The van der Waals surface area contributed by atoms with Crippen LogP contribution in [0.5, 0.6) is 5.75 Å². The molecule has 7 heteroatoms. The van der Waals surface area contributed by atoms with Crippen molar-refractivity contribution in [2.24, 2.45) is 0 Å². The van der Waals surface area contributed by atoms with E-state index in [0.29, 0.717) is 11.4 Å². The first-order valence-corrected chi connectivity index (χ1v) is 8.72. The van der Waals surface area contributed by atoms with Gasteiger partial charge in [-0.25, -0.2) is 0 Å². The fourth-order valence-corrected chi connectivity index (χ4v) is 2.90. The van der Waals surface area contributed by atoms with E-state index in [2.05, 4.69) is 22.9 Å². The van der Waals surface area contributed by atoms with Gasteiger partial charge in [0.05, 0.1) is 6.26 Å². The maximum Gasteiger partial charge on any atom is 0.291 e. The minimum absolute atomic E-state index is 0.0706. The van der Waals surface area contributed by atoms with E-state index in [9.17, 15) is 9.59 Å². The van der Waals surface area contributed by atoms with Gasteiger partial charge in [0.15, 0.2) is 12.4 Å². The van der Waals surface area contributed by atoms with E-state index in [1.165, 1.54) is 6.26 Å². The highest BCUT2D eigenvalue weighted by Gasteiger charge is 2.22. The molecule has 2 aromatic rings. The Labute approximate surface area is 152 Å². The lowest BCUT2D eigenvalue weighted by molar-refractivity contribution is -0.124. The van der Waals surface area contributed by atoms with E-state index in [1.807, 2.05) is 0 Å². The number of anilines is 1. The second kappa shape index (κ2) is 8.53. The van der Waals surface area contributed by atoms with Crippen molar-refractivity contribution in [2.75, 3.05) is 18.5 Å². The number of piperidine rings is 1. The Morgan fingerprint density at radius 3 is 2.96 bits per heavy atom. The smallest absolute Gasteiger partial charge is 0.291 e. The van der Waals surface area contributed by atoms with Gasteiger partial charge in [-0.3, -0.25) is 9.59 Å². The number of benzene rings is 1. The average molecular weight is 357 g/mol. The van der Waals surface area contributed by atoms with Crippen LogP contribution < -0.4 is 20.7 Å². The number of amides is 2. The largest absolute Gasteiger partial charge is 0.484 e. The second-order valence-electron chi connectivity index (χ2n) is 6.31. The third-order valence-corrected chi connectivity index (χ3v) is 4.31. The van der Waals surface area contributed by atoms with E-state index in [0.717, 1.165) is 19.4 Å². The van der Waals surface area contributed by atoms with Crippen molar-refractivity contribution in [3.05, 3.63) is 48.4 Å². The van der Waals surface area contributed by atoms with E-state index in [1.54, 1.807) is 36.4 Å². The van der Waals surface area contributed by atoms with Crippen LogP contribution in [0, 0.1) is 0 Å². The predicted octanol–water partition coefficient (Wildman–Crippen LogP) is 2.17. The molecule has 1 aliphatic heterocycles. The zero-order valence-corrected chi connectivity index (χ0v) is 14.7. The first-order valence-electron chi connectivity index (χ1n) is 8.72. The monoisotopic (exact) mass is 357 g/mol. The molecule has 0 aliphatic carbocycles. The van der Waals surface area contributed by atoms with Gasteiger partial charge in [0.2, 0.25) is 0 Å². The standard InChI is InChI=1S/C19H23N3O4/c1-13-16(7-3-9-20-13)22-18(23)12-26-15-6-2-5-14(11-15)21-19(24)17-8-4-10-25-17/h2,4-6,8,10-11,13,16,20H,3,7,9,12H2,1H3,(H,21,24)(H,22,23). The Morgan fingerprint density at radius 1 is 1.31 bits per heavy atom. The van der Waals surface area contributed by atoms with Crippen LogP contribution in [0.3, 0.4) is 0 Å². The molecule has 1 aliphatic rings. The van der Waals surface area contributed by atoms with Crippen LogP contribution >= 0.6 is 0 Å². The van der Waals surface area contributed by atoms with Gasteiger partial charge in [-0.1, -0.05) is 6.07 Å². The van der Waals surface area contributed by atoms with Crippen molar-refractivity contribution < 1.29 is 18.7 Å².